The van der Waals surface area contributed by atoms with E-state index in [4.69, 9.17) is 22.1 Å². The lowest BCUT2D eigenvalue weighted by atomic mass is 10.1. The standard InChI is InChI=1S/C14H14ClN3O2/c1-8-6-11(13(15)17-7-8)18-14(19)9-4-3-5-10(16)12(9)20-2/h3-7H,16H2,1-2H3,(H,18,19). The average molecular weight is 292 g/mol. The molecule has 0 bridgehead atoms. The number of para-hydroxylation sites is 1. The van der Waals surface area contributed by atoms with E-state index in [-0.39, 0.29) is 11.1 Å². The van der Waals surface area contributed by atoms with Gasteiger partial charge in [-0.2, -0.15) is 0 Å². The number of nitrogens with one attached hydrogen (secondary N) is 1. The fraction of sp³-hybridized carbons (Fsp3) is 0.143. The average Bonchev–Trinajstić information content (AvgIpc) is 2.42. The predicted molar refractivity (Wildman–Crippen MR) is 79.3 cm³/mol. The van der Waals surface area contributed by atoms with Crippen molar-refractivity contribution >= 4 is 28.9 Å². The molecule has 20 heavy (non-hydrogen) atoms. The van der Waals surface area contributed by atoms with Gasteiger partial charge in [0.25, 0.3) is 5.91 Å². The smallest absolute Gasteiger partial charge is 0.259 e. The molecule has 1 aromatic heterocycles. The van der Waals surface area contributed by atoms with Crippen molar-refractivity contribution in [2.24, 2.45) is 0 Å². The van der Waals surface area contributed by atoms with Crippen molar-refractivity contribution in [1.82, 2.24) is 4.98 Å². The van der Waals surface area contributed by atoms with Gasteiger partial charge >= 0.3 is 0 Å². The van der Waals surface area contributed by atoms with Gasteiger partial charge in [0.15, 0.2) is 10.9 Å². The lowest BCUT2D eigenvalue weighted by Gasteiger charge is -2.12. The SMILES string of the molecule is COc1c(N)cccc1C(=O)Nc1cc(C)cnc1Cl. The van der Waals surface area contributed by atoms with Crippen molar-refractivity contribution in [3.05, 3.63) is 46.7 Å². The number of hydrogen-bond acceptors (Lipinski definition) is 4. The lowest BCUT2D eigenvalue weighted by molar-refractivity contribution is 0.102. The molecule has 104 valence electrons. The first-order valence-corrected chi connectivity index (χ1v) is 6.26. The maximum absolute atomic E-state index is 12.3. The number of amides is 1. The number of anilines is 2. The number of halogens is 1. The van der Waals surface area contributed by atoms with E-state index in [2.05, 4.69) is 10.3 Å². The highest BCUT2D eigenvalue weighted by atomic mass is 35.5. The van der Waals surface area contributed by atoms with Gasteiger partial charge in [-0.05, 0) is 30.7 Å². The van der Waals surface area contributed by atoms with Crippen LogP contribution in [0.1, 0.15) is 15.9 Å². The van der Waals surface area contributed by atoms with Crippen LogP contribution in [0.5, 0.6) is 5.75 Å². The van der Waals surface area contributed by atoms with Crippen molar-refractivity contribution in [1.29, 1.82) is 0 Å². The van der Waals surface area contributed by atoms with Gasteiger partial charge in [-0.15, -0.1) is 0 Å². The second-order valence-corrected chi connectivity index (χ2v) is 4.59. The number of aryl methyl sites for hydroxylation is 1. The molecule has 0 unspecified atom stereocenters. The molecule has 1 amide bonds. The normalized spacial score (nSPS) is 10.2. The number of rotatable bonds is 3. The Balaban J connectivity index is 2.33. The van der Waals surface area contributed by atoms with Crippen LogP contribution in [0.4, 0.5) is 11.4 Å². The zero-order chi connectivity index (χ0) is 14.7. The second kappa shape index (κ2) is 5.79. The molecule has 3 N–H and O–H groups in total. The van der Waals surface area contributed by atoms with E-state index in [0.29, 0.717) is 22.7 Å². The number of aromatic nitrogens is 1. The minimum atomic E-state index is -0.358. The highest BCUT2D eigenvalue weighted by Crippen LogP contribution is 2.27. The number of nitrogens with zero attached hydrogens (tertiary/aromatic N) is 1. The van der Waals surface area contributed by atoms with Crippen molar-refractivity contribution in [2.75, 3.05) is 18.2 Å². The summed E-state index contributed by atoms with van der Waals surface area (Å²) in [6.07, 6.45) is 1.62. The van der Waals surface area contributed by atoms with E-state index in [0.717, 1.165) is 5.56 Å². The lowest BCUT2D eigenvalue weighted by Crippen LogP contribution is -2.14. The Kier molecular flexibility index (Phi) is 4.10. The van der Waals surface area contributed by atoms with E-state index >= 15 is 0 Å². The molecule has 5 nitrogen and oxygen atoms in total. The molecule has 0 aliphatic heterocycles. The van der Waals surface area contributed by atoms with Crippen LogP contribution in [-0.2, 0) is 0 Å². The van der Waals surface area contributed by atoms with E-state index in [1.807, 2.05) is 6.92 Å². The number of nitrogens with two attached hydrogens (primary N) is 1. The zero-order valence-electron chi connectivity index (χ0n) is 11.1. The van der Waals surface area contributed by atoms with Gasteiger partial charge in [-0.25, -0.2) is 4.98 Å². The molecule has 0 aliphatic carbocycles. The monoisotopic (exact) mass is 291 g/mol. The molecular weight excluding hydrogens is 278 g/mol. The third kappa shape index (κ3) is 2.83. The van der Waals surface area contributed by atoms with Crippen LogP contribution in [0.15, 0.2) is 30.5 Å². The Morgan fingerprint density at radius 3 is 2.90 bits per heavy atom. The Hall–Kier alpha value is -2.27. The summed E-state index contributed by atoms with van der Waals surface area (Å²) in [6, 6.07) is 6.72. The van der Waals surface area contributed by atoms with Crippen LogP contribution in [0.3, 0.4) is 0 Å². The molecule has 0 saturated carbocycles. The summed E-state index contributed by atoms with van der Waals surface area (Å²) >= 11 is 5.95. The minimum absolute atomic E-state index is 0.229. The second-order valence-electron chi connectivity index (χ2n) is 4.23. The van der Waals surface area contributed by atoms with Gasteiger partial charge in [0.2, 0.25) is 0 Å². The van der Waals surface area contributed by atoms with Crippen LogP contribution in [0.2, 0.25) is 5.15 Å². The maximum atomic E-state index is 12.3. The predicted octanol–water partition coefficient (Wildman–Crippen LogP) is 2.89. The summed E-state index contributed by atoms with van der Waals surface area (Å²) in [5.41, 5.74) is 7.85. The van der Waals surface area contributed by atoms with Crippen molar-refractivity contribution in [2.45, 2.75) is 6.92 Å². The third-order valence-corrected chi connectivity index (χ3v) is 3.02. The quantitative estimate of drug-likeness (QED) is 0.673. The molecule has 6 heteroatoms. The van der Waals surface area contributed by atoms with Gasteiger partial charge in [-0.3, -0.25) is 4.79 Å². The molecule has 2 rings (SSSR count). The fourth-order valence-corrected chi connectivity index (χ4v) is 1.94. The van der Waals surface area contributed by atoms with Gasteiger partial charge in [0.1, 0.15) is 0 Å². The zero-order valence-corrected chi connectivity index (χ0v) is 11.9. The van der Waals surface area contributed by atoms with Gasteiger partial charge < -0.3 is 15.8 Å². The van der Waals surface area contributed by atoms with Crippen LogP contribution < -0.4 is 15.8 Å². The van der Waals surface area contributed by atoms with E-state index in [9.17, 15) is 4.79 Å². The molecule has 0 aliphatic rings. The Morgan fingerprint density at radius 1 is 1.45 bits per heavy atom. The molecule has 0 atom stereocenters. The number of ether oxygens (including phenoxy) is 1. The number of carbonyl (C=O) groups excluding carboxylic acids is 1. The van der Waals surface area contributed by atoms with Crippen LogP contribution in [-0.4, -0.2) is 18.0 Å². The van der Waals surface area contributed by atoms with E-state index in [1.165, 1.54) is 7.11 Å². The Labute approximate surface area is 121 Å². The molecule has 0 radical (unpaired) electrons. The van der Waals surface area contributed by atoms with Crippen LogP contribution in [0, 0.1) is 6.92 Å². The van der Waals surface area contributed by atoms with Gasteiger partial charge in [0, 0.05) is 6.20 Å². The molecule has 0 fully saturated rings. The number of nitrogen functional groups attached to an aromatic ring is 1. The van der Waals surface area contributed by atoms with E-state index < -0.39 is 0 Å². The molecule has 0 saturated heterocycles. The summed E-state index contributed by atoms with van der Waals surface area (Å²) in [4.78, 5) is 16.3. The molecule has 1 aromatic carbocycles. The molecule has 0 spiro atoms. The topological polar surface area (TPSA) is 77.2 Å². The highest BCUT2D eigenvalue weighted by molar-refractivity contribution is 6.32. The summed E-state index contributed by atoms with van der Waals surface area (Å²) < 4.78 is 5.15. The van der Waals surface area contributed by atoms with Crippen molar-refractivity contribution < 1.29 is 9.53 Å². The first-order valence-electron chi connectivity index (χ1n) is 5.89. The molecular formula is C14H14ClN3O2. The largest absolute Gasteiger partial charge is 0.494 e. The number of pyridine rings is 1. The Bertz CT molecular complexity index is 659. The third-order valence-electron chi connectivity index (χ3n) is 2.72. The van der Waals surface area contributed by atoms with E-state index in [1.54, 1.807) is 30.5 Å². The number of benzene rings is 1. The minimum Gasteiger partial charge on any atom is -0.494 e. The first-order chi connectivity index (χ1) is 9.52. The van der Waals surface area contributed by atoms with Crippen LogP contribution >= 0.6 is 11.6 Å². The number of carbonyl (C=O) groups is 1. The summed E-state index contributed by atoms with van der Waals surface area (Å²) in [7, 11) is 1.46. The van der Waals surface area contributed by atoms with Gasteiger partial charge in [-0.1, -0.05) is 17.7 Å². The summed E-state index contributed by atoms with van der Waals surface area (Å²) in [6.45, 7) is 1.86. The highest BCUT2D eigenvalue weighted by Gasteiger charge is 2.16. The number of methoxy groups -OCH3 is 1. The maximum Gasteiger partial charge on any atom is 0.259 e. The fourth-order valence-electron chi connectivity index (χ4n) is 1.79. The molecule has 1 heterocycles. The molecule has 2 aromatic rings. The number of hydrogen-bond donors (Lipinski definition) is 2. The Morgan fingerprint density at radius 2 is 2.20 bits per heavy atom. The van der Waals surface area contributed by atoms with Gasteiger partial charge in [0.05, 0.1) is 24.0 Å². The van der Waals surface area contributed by atoms with Crippen LogP contribution in [0.25, 0.3) is 0 Å². The first kappa shape index (κ1) is 14.1. The van der Waals surface area contributed by atoms with Crippen molar-refractivity contribution in [3.63, 3.8) is 0 Å². The van der Waals surface area contributed by atoms with Crippen molar-refractivity contribution in [3.8, 4) is 5.75 Å². The summed E-state index contributed by atoms with van der Waals surface area (Å²) in [5, 5.41) is 2.93. The summed E-state index contributed by atoms with van der Waals surface area (Å²) in [5.74, 6) is -0.0230.